The molecule has 0 spiro atoms. The highest BCUT2D eigenvalue weighted by molar-refractivity contribution is 5.93. The van der Waals surface area contributed by atoms with Crippen LogP contribution in [0, 0.1) is 47.3 Å². The van der Waals surface area contributed by atoms with Crippen LogP contribution in [0.5, 0.6) is 0 Å². The molecule has 0 aliphatic heterocycles. The van der Waals surface area contributed by atoms with E-state index in [1.165, 1.54) is 13.3 Å². The second kappa shape index (κ2) is 6.84. The summed E-state index contributed by atoms with van der Waals surface area (Å²) in [4.78, 5) is 22.6. The number of fused-ring (bicyclic) bond motifs is 10. The van der Waals surface area contributed by atoms with E-state index in [2.05, 4.69) is 30.4 Å². The van der Waals surface area contributed by atoms with E-state index in [1.54, 1.807) is 12.2 Å². The molecule has 4 nitrogen and oxygen atoms in total. The molecule has 0 heterocycles. The number of hydrogen-bond acceptors (Lipinski definition) is 4. The van der Waals surface area contributed by atoms with E-state index in [0.717, 1.165) is 12.8 Å². The standard InChI is InChI=1S/C13H16O3.C11H12O/c1-7(14)16-11-5-4-10(15)12-8-2-3-9(6-8)13(11)12;12-10-3-1-2-9-7-4-5-8(6-7)11(9)10/h2-5,8-13,15H,6H2,1H3;1,3-5,7-9,11H,2,6H2/t8-,9+,10+,11-,12+,13-;7-,8+,9-,11+/m10/s1. The summed E-state index contributed by atoms with van der Waals surface area (Å²) < 4.78 is 5.34. The van der Waals surface area contributed by atoms with Gasteiger partial charge in [0, 0.05) is 24.7 Å². The Morgan fingerprint density at radius 2 is 1.64 bits per heavy atom. The SMILES string of the molecule is CC(=O)O[C@@H]1C=C[C@H](O)[C@H]2[C@@H]1[C@H]1C=C[C@@H]2C1.O=C1C=CC[C@@H]2[C@H]1[C@@H]1C=C[C@H]2C1. The predicted molar refractivity (Wildman–Crippen MR) is 105 cm³/mol. The third-order valence-corrected chi connectivity index (χ3v) is 7.80. The molecular weight excluding hydrogens is 352 g/mol. The normalized spacial score (nSPS) is 48.3. The molecule has 148 valence electrons. The zero-order valence-electron chi connectivity index (χ0n) is 16.2. The average molecular weight is 380 g/mol. The van der Waals surface area contributed by atoms with Crippen molar-refractivity contribution in [1.29, 1.82) is 0 Å². The van der Waals surface area contributed by atoms with Gasteiger partial charge in [0.05, 0.1) is 6.10 Å². The minimum Gasteiger partial charge on any atom is -0.458 e. The van der Waals surface area contributed by atoms with Crippen LogP contribution >= 0.6 is 0 Å². The van der Waals surface area contributed by atoms with Gasteiger partial charge in [-0.2, -0.15) is 0 Å². The molecule has 6 rings (SSSR count). The van der Waals surface area contributed by atoms with E-state index < -0.39 is 0 Å². The molecule has 0 amide bonds. The number of carbonyl (C=O) groups is 2. The van der Waals surface area contributed by atoms with Gasteiger partial charge >= 0.3 is 5.97 Å². The molecule has 6 aliphatic carbocycles. The van der Waals surface area contributed by atoms with E-state index >= 15 is 0 Å². The zero-order chi connectivity index (χ0) is 19.4. The summed E-state index contributed by atoms with van der Waals surface area (Å²) in [5.41, 5.74) is 0. The number of rotatable bonds is 1. The fraction of sp³-hybridized carbons (Fsp3) is 0.583. The molecule has 0 saturated heterocycles. The lowest BCUT2D eigenvalue weighted by Gasteiger charge is -2.37. The lowest BCUT2D eigenvalue weighted by molar-refractivity contribution is -0.149. The highest BCUT2D eigenvalue weighted by Gasteiger charge is 2.52. The minimum absolute atomic E-state index is 0.147. The number of allylic oxidation sites excluding steroid dienone is 6. The monoisotopic (exact) mass is 380 g/mol. The first-order valence-electron chi connectivity index (χ1n) is 10.6. The molecule has 4 heteroatoms. The van der Waals surface area contributed by atoms with Crippen LogP contribution in [0.4, 0.5) is 0 Å². The van der Waals surface area contributed by atoms with Crippen LogP contribution in [-0.4, -0.2) is 29.1 Å². The molecule has 0 radical (unpaired) electrons. The highest BCUT2D eigenvalue weighted by atomic mass is 16.5. The van der Waals surface area contributed by atoms with Gasteiger partial charge in [0.25, 0.3) is 0 Å². The molecule has 2 saturated carbocycles. The lowest BCUT2D eigenvalue weighted by atomic mass is 9.73. The minimum atomic E-state index is -0.378. The van der Waals surface area contributed by atoms with E-state index in [-0.39, 0.29) is 30.0 Å². The Hall–Kier alpha value is -1.94. The summed E-state index contributed by atoms with van der Waals surface area (Å²) in [7, 11) is 0. The molecule has 0 aromatic carbocycles. The summed E-state index contributed by atoms with van der Waals surface area (Å²) in [5, 5.41) is 9.99. The number of hydrogen-bond donors (Lipinski definition) is 1. The number of aliphatic hydroxyl groups is 1. The molecule has 1 N–H and O–H groups in total. The Kier molecular flexibility index (Phi) is 4.42. The van der Waals surface area contributed by atoms with Crippen molar-refractivity contribution in [1.82, 2.24) is 0 Å². The Labute approximate surface area is 166 Å². The second-order valence-electron chi connectivity index (χ2n) is 9.23. The van der Waals surface area contributed by atoms with Crippen molar-refractivity contribution in [3.05, 3.63) is 48.6 Å². The predicted octanol–water partition coefficient (Wildman–Crippen LogP) is 3.24. The van der Waals surface area contributed by atoms with Crippen molar-refractivity contribution in [2.45, 2.75) is 38.4 Å². The van der Waals surface area contributed by atoms with Crippen molar-refractivity contribution in [2.24, 2.45) is 47.3 Å². The maximum absolute atomic E-state index is 11.5. The molecule has 10 atom stereocenters. The molecular formula is C24H28O4. The number of carbonyl (C=O) groups excluding carboxylic acids is 2. The molecule has 0 unspecified atom stereocenters. The van der Waals surface area contributed by atoms with Crippen molar-refractivity contribution >= 4 is 11.8 Å². The smallest absolute Gasteiger partial charge is 0.303 e. The number of esters is 1. The Morgan fingerprint density at radius 1 is 0.964 bits per heavy atom. The third-order valence-electron chi connectivity index (χ3n) is 7.80. The van der Waals surface area contributed by atoms with Crippen LogP contribution in [0.1, 0.15) is 26.2 Å². The van der Waals surface area contributed by atoms with Gasteiger partial charge in [0.15, 0.2) is 5.78 Å². The van der Waals surface area contributed by atoms with E-state index in [4.69, 9.17) is 4.74 Å². The zero-order valence-corrected chi connectivity index (χ0v) is 16.2. The molecule has 4 bridgehead atoms. The Bertz CT molecular complexity index is 790. The first-order valence-corrected chi connectivity index (χ1v) is 10.6. The van der Waals surface area contributed by atoms with Gasteiger partial charge in [-0.1, -0.05) is 36.5 Å². The maximum Gasteiger partial charge on any atom is 0.303 e. The van der Waals surface area contributed by atoms with Gasteiger partial charge in [-0.25, -0.2) is 0 Å². The van der Waals surface area contributed by atoms with Gasteiger partial charge in [-0.3, -0.25) is 9.59 Å². The molecule has 2 fully saturated rings. The molecule has 0 aromatic heterocycles. The lowest BCUT2D eigenvalue weighted by Crippen LogP contribution is -2.41. The summed E-state index contributed by atoms with van der Waals surface area (Å²) in [6.45, 7) is 1.44. The van der Waals surface area contributed by atoms with Crippen molar-refractivity contribution in [3.8, 4) is 0 Å². The first-order chi connectivity index (χ1) is 13.5. The van der Waals surface area contributed by atoms with Crippen LogP contribution in [0.15, 0.2) is 48.6 Å². The summed E-state index contributed by atoms with van der Waals surface area (Å²) in [6, 6.07) is 0. The summed E-state index contributed by atoms with van der Waals surface area (Å²) >= 11 is 0. The maximum atomic E-state index is 11.5. The molecule has 0 aromatic rings. The van der Waals surface area contributed by atoms with Crippen LogP contribution in [0.2, 0.25) is 0 Å². The average Bonchev–Trinajstić information content (AvgIpc) is 3.45. The quantitative estimate of drug-likeness (QED) is 0.560. The number of aliphatic hydroxyl groups excluding tert-OH is 1. The fourth-order valence-electron chi connectivity index (χ4n) is 6.75. The van der Waals surface area contributed by atoms with Crippen LogP contribution in [-0.2, 0) is 14.3 Å². The Balaban J connectivity index is 0.000000127. The fourth-order valence-corrected chi connectivity index (χ4v) is 6.75. The van der Waals surface area contributed by atoms with Crippen LogP contribution in [0.25, 0.3) is 0 Å². The van der Waals surface area contributed by atoms with Gasteiger partial charge in [-0.15, -0.1) is 0 Å². The van der Waals surface area contributed by atoms with Crippen molar-refractivity contribution in [3.63, 3.8) is 0 Å². The van der Waals surface area contributed by atoms with Crippen molar-refractivity contribution < 1.29 is 19.4 Å². The van der Waals surface area contributed by atoms with E-state index in [1.807, 2.05) is 6.08 Å². The first kappa shape index (κ1) is 18.1. The second-order valence-corrected chi connectivity index (χ2v) is 9.23. The van der Waals surface area contributed by atoms with E-state index in [0.29, 0.717) is 41.3 Å². The molecule has 6 aliphatic rings. The third kappa shape index (κ3) is 2.85. The van der Waals surface area contributed by atoms with Gasteiger partial charge in [0.2, 0.25) is 0 Å². The molecule has 28 heavy (non-hydrogen) atoms. The van der Waals surface area contributed by atoms with Gasteiger partial charge < -0.3 is 9.84 Å². The summed E-state index contributed by atoms with van der Waals surface area (Å²) in [5.74, 6) is 3.89. The van der Waals surface area contributed by atoms with Gasteiger partial charge in [0.1, 0.15) is 6.10 Å². The van der Waals surface area contributed by atoms with Crippen LogP contribution < -0.4 is 0 Å². The highest BCUT2D eigenvalue weighted by Crippen LogP contribution is 2.53. The van der Waals surface area contributed by atoms with Gasteiger partial charge in [-0.05, 0) is 61.0 Å². The van der Waals surface area contributed by atoms with E-state index in [9.17, 15) is 14.7 Å². The van der Waals surface area contributed by atoms with Crippen LogP contribution in [0.3, 0.4) is 0 Å². The topological polar surface area (TPSA) is 63.6 Å². The van der Waals surface area contributed by atoms with Crippen molar-refractivity contribution in [2.75, 3.05) is 0 Å². The number of ether oxygens (including phenoxy) is 1. The number of ketones is 1. The largest absolute Gasteiger partial charge is 0.458 e. The summed E-state index contributed by atoms with van der Waals surface area (Å²) in [6.07, 6.45) is 19.4. The Morgan fingerprint density at radius 3 is 2.39 bits per heavy atom.